The zero-order valence-electron chi connectivity index (χ0n) is 20.1. The van der Waals surface area contributed by atoms with Crippen LogP contribution in [0.4, 0.5) is 4.79 Å². The summed E-state index contributed by atoms with van der Waals surface area (Å²) in [5.41, 5.74) is 1.47. The van der Waals surface area contributed by atoms with E-state index in [4.69, 9.17) is 4.74 Å². The molecule has 2 aliphatic rings. The van der Waals surface area contributed by atoms with Crippen LogP contribution < -0.4 is 20.7 Å². The Kier molecular flexibility index (Phi) is 6.08. The number of fused-ring (bicyclic) bond motifs is 1. The highest BCUT2D eigenvalue weighted by molar-refractivity contribution is 7.88. The summed E-state index contributed by atoms with van der Waals surface area (Å²) < 4.78 is 31.2. The van der Waals surface area contributed by atoms with Crippen LogP contribution in [0.15, 0.2) is 54.6 Å². The van der Waals surface area contributed by atoms with Crippen molar-refractivity contribution in [3.63, 3.8) is 0 Å². The van der Waals surface area contributed by atoms with Gasteiger partial charge >= 0.3 is 6.03 Å². The number of carbonyl (C=O) groups excluding carboxylic acids is 3. The quantitative estimate of drug-likeness (QED) is 0.410. The number of amides is 4. The zero-order chi connectivity index (χ0) is 26.4. The molecule has 1 aromatic heterocycles. The van der Waals surface area contributed by atoms with Crippen molar-refractivity contribution in [2.75, 3.05) is 19.3 Å². The molecule has 0 radical (unpaired) electrons. The lowest BCUT2D eigenvalue weighted by Crippen LogP contribution is -2.62. The average molecular weight is 524 g/mol. The van der Waals surface area contributed by atoms with Crippen LogP contribution in [-0.4, -0.2) is 66.5 Å². The summed E-state index contributed by atoms with van der Waals surface area (Å²) in [6, 6.07) is 14.5. The predicted octanol–water partition coefficient (Wildman–Crippen LogP) is 1.07. The standard InChI is InChI=1S/C25H25N5O6S/c1-15-11-17(19-5-3-4-6-20(19)26-15)13-36-18-9-7-16(8-10-18)22(31)27-21-12-30(37(2,34)35)14-25(21)23(32)28-24(33)29-25/h3-11,21H,12-14H2,1-2H3,(H,27,31)(H2,28,29,32,33). The SMILES string of the molecule is Cc1cc(COc2ccc(C(=O)NC3CN(S(C)(=O)=O)CC34NC(=O)NC4=O)cc2)c2ccccc2n1. The first-order valence-corrected chi connectivity index (χ1v) is 13.4. The number of hydrogen-bond donors (Lipinski definition) is 3. The number of aryl methyl sites for hydroxylation is 1. The van der Waals surface area contributed by atoms with E-state index >= 15 is 0 Å². The summed E-state index contributed by atoms with van der Waals surface area (Å²) in [7, 11) is -3.66. The van der Waals surface area contributed by atoms with Gasteiger partial charge in [-0.05, 0) is 43.3 Å². The van der Waals surface area contributed by atoms with Crippen molar-refractivity contribution in [1.82, 2.24) is 25.2 Å². The molecule has 5 rings (SSSR count). The third-order valence-corrected chi connectivity index (χ3v) is 7.81. The maximum atomic E-state index is 13.0. The highest BCUT2D eigenvalue weighted by Gasteiger charge is 2.59. The summed E-state index contributed by atoms with van der Waals surface area (Å²) in [5, 5.41) is 8.35. The molecule has 2 atom stereocenters. The summed E-state index contributed by atoms with van der Waals surface area (Å²) in [6.45, 7) is 1.81. The number of nitrogens with one attached hydrogen (secondary N) is 3. The Labute approximate surface area is 213 Å². The summed E-state index contributed by atoms with van der Waals surface area (Å²) in [4.78, 5) is 41.9. The Hall–Kier alpha value is -4.03. The van der Waals surface area contributed by atoms with Gasteiger partial charge in [-0.15, -0.1) is 0 Å². The summed E-state index contributed by atoms with van der Waals surface area (Å²) in [6.07, 6.45) is 1.01. The molecule has 3 N–H and O–H groups in total. The number of aromatic nitrogens is 1. The van der Waals surface area contributed by atoms with E-state index in [1.165, 1.54) is 0 Å². The number of rotatable bonds is 6. The minimum atomic E-state index is -3.66. The zero-order valence-corrected chi connectivity index (χ0v) is 21.0. The van der Waals surface area contributed by atoms with Gasteiger partial charge in [-0.3, -0.25) is 19.9 Å². The van der Waals surface area contributed by atoms with Crippen LogP contribution in [0.25, 0.3) is 10.9 Å². The predicted molar refractivity (Wildman–Crippen MR) is 134 cm³/mol. The van der Waals surface area contributed by atoms with Crippen LogP contribution in [0, 0.1) is 6.92 Å². The Morgan fingerprint density at radius 1 is 1.19 bits per heavy atom. The van der Waals surface area contributed by atoms with Crippen LogP contribution in [0.2, 0.25) is 0 Å². The van der Waals surface area contributed by atoms with Gasteiger partial charge in [-0.1, -0.05) is 18.2 Å². The van der Waals surface area contributed by atoms with Crippen molar-refractivity contribution in [2.24, 2.45) is 0 Å². The van der Waals surface area contributed by atoms with Crippen LogP contribution in [0.3, 0.4) is 0 Å². The van der Waals surface area contributed by atoms with Gasteiger partial charge < -0.3 is 15.4 Å². The van der Waals surface area contributed by atoms with Gasteiger partial charge in [0.05, 0.1) is 17.8 Å². The van der Waals surface area contributed by atoms with Gasteiger partial charge in [0.1, 0.15) is 12.4 Å². The minimum absolute atomic E-state index is 0.154. The maximum absolute atomic E-state index is 13.0. The number of pyridine rings is 1. The lowest BCUT2D eigenvalue weighted by Gasteiger charge is -2.27. The normalized spacial score (nSPS) is 21.7. The third-order valence-electron chi connectivity index (χ3n) is 6.59. The van der Waals surface area contributed by atoms with Gasteiger partial charge in [-0.2, -0.15) is 4.31 Å². The largest absolute Gasteiger partial charge is 0.489 e. The van der Waals surface area contributed by atoms with E-state index in [2.05, 4.69) is 20.9 Å². The molecule has 0 saturated carbocycles. The maximum Gasteiger partial charge on any atom is 0.322 e. The van der Waals surface area contributed by atoms with E-state index in [9.17, 15) is 22.8 Å². The smallest absolute Gasteiger partial charge is 0.322 e. The molecule has 2 saturated heterocycles. The molecule has 37 heavy (non-hydrogen) atoms. The molecule has 0 bridgehead atoms. The van der Waals surface area contributed by atoms with Gasteiger partial charge in [0.2, 0.25) is 10.0 Å². The summed E-state index contributed by atoms with van der Waals surface area (Å²) in [5.74, 6) is -0.648. The highest BCUT2D eigenvalue weighted by Crippen LogP contribution is 2.28. The Bertz CT molecular complexity index is 1520. The number of hydrogen-bond acceptors (Lipinski definition) is 7. The number of ether oxygens (including phenoxy) is 1. The lowest BCUT2D eigenvalue weighted by atomic mass is 9.93. The van der Waals surface area contributed by atoms with Gasteiger partial charge in [0.15, 0.2) is 5.54 Å². The van der Waals surface area contributed by atoms with E-state index in [1.807, 2.05) is 37.3 Å². The van der Waals surface area contributed by atoms with Gasteiger partial charge in [-0.25, -0.2) is 13.2 Å². The number of benzene rings is 2. The van der Waals surface area contributed by atoms with Crippen molar-refractivity contribution in [3.05, 3.63) is 71.4 Å². The molecule has 3 aromatic rings. The van der Waals surface area contributed by atoms with Crippen LogP contribution in [-0.2, 0) is 21.4 Å². The highest BCUT2D eigenvalue weighted by atomic mass is 32.2. The fourth-order valence-electron chi connectivity index (χ4n) is 4.72. The molecule has 2 fully saturated rings. The first-order chi connectivity index (χ1) is 17.5. The van der Waals surface area contributed by atoms with Crippen LogP contribution >= 0.6 is 0 Å². The molecule has 2 aliphatic heterocycles. The molecule has 2 unspecified atom stereocenters. The van der Waals surface area contributed by atoms with Crippen LogP contribution in [0.5, 0.6) is 5.75 Å². The number of nitrogens with zero attached hydrogens (tertiary/aromatic N) is 2. The fraction of sp³-hybridized carbons (Fsp3) is 0.280. The molecule has 11 nitrogen and oxygen atoms in total. The van der Waals surface area contributed by atoms with Crippen molar-refractivity contribution < 1.29 is 27.5 Å². The number of sulfonamides is 1. The van der Waals surface area contributed by atoms with E-state index in [0.29, 0.717) is 12.4 Å². The van der Waals surface area contributed by atoms with Crippen molar-refractivity contribution >= 4 is 38.8 Å². The molecule has 0 aliphatic carbocycles. The van der Waals surface area contributed by atoms with Crippen molar-refractivity contribution in [1.29, 1.82) is 0 Å². The van der Waals surface area contributed by atoms with Gasteiger partial charge in [0, 0.05) is 35.3 Å². The Morgan fingerprint density at radius 3 is 2.59 bits per heavy atom. The first kappa shape index (κ1) is 24.7. The van der Waals surface area contributed by atoms with Crippen molar-refractivity contribution in [2.45, 2.75) is 25.1 Å². The second kappa shape index (κ2) is 9.12. The molecule has 4 amide bonds. The number of para-hydroxylation sites is 1. The van der Waals surface area contributed by atoms with Gasteiger partial charge in [0.25, 0.3) is 11.8 Å². The molecular formula is C25H25N5O6S. The van der Waals surface area contributed by atoms with Crippen LogP contribution in [0.1, 0.15) is 21.6 Å². The van der Waals surface area contributed by atoms with E-state index < -0.39 is 39.4 Å². The Balaban J connectivity index is 1.29. The molecule has 2 aromatic carbocycles. The van der Waals surface area contributed by atoms with E-state index in [-0.39, 0.29) is 18.7 Å². The molecular weight excluding hydrogens is 498 g/mol. The number of carbonyl (C=O) groups is 3. The second-order valence-electron chi connectivity index (χ2n) is 9.21. The summed E-state index contributed by atoms with van der Waals surface area (Å²) >= 11 is 0. The Morgan fingerprint density at radius 2 is 1.92 bits per heavy atom. The fourth-order valence-corrected chi connectivity index (χ4v) is 5.57. The average Bonchev–Trinajstić information content (AvgIpc) is 3.36. The third kappa shape index (κ3) is 4.72. The topological polar surface area (TPSA) is 147 Å². The monoisotopic (exact) mass is 523 g/mol. The first-order valence-electron chi connectivity index (χ1n) is 11.5. The molecule has 192 valence electrons. The molecule has 12 heteroatoms. The second-order valence-corrected chi connectivity index (χ2v) is 11.2. The van der Waals surface area contributed by atoms with Crippen molar-refractivity contribution in [3.8, 4) is 5.75 Å². The minimum Gasteiger partial charge on any atom is -0.489 e. The molecule has 3 heterocycles. The number of imide groups is 1. The number of urea groups is 1. The van der Waals surface area contributed by atoms with E-state index in [0.717, 1.165) is 32.7 Å². The lowest BCUT2D eigenvalue weighted by molar-refractivity contribution is -0.123. The van der Waals surface area contributed by atoms with E-state index in [1.54, 1.807) is 24.3 Å². The molecule has 1 spiro atoms.